The first-order chi connectivity index (χ1) is 13.0. The van der Waals surface area contributed by atoms with Crippen LogP contribution in [-0.4, -0.2) is 46.2 Å². The lowest BCUT2D eigenvalue weighted by Crippen LogP contribution is -2.41. The number of carbonyl (C=O) groups excluding carboxylic acids is 1. The Hall–Kier alpha value is -1.34. The summed E-state index contributed by atoms with van der Waals surface area (Å²) < 4.78 is 11.5. The summed E-state index contributed by atoms with van der Waals surface area (Å²) in [6.45, 7) is 0.331. The highest BCUT2D eigenvalue weighted by molar-refractivity contribution is 7.99. The Morgan fingerprint density at radius 2 is 1.85 bits per heavy atom. The van der Waals surface area contributed by atoms with Crippen LogP contribution < -0.4 is 5.32 Å². The number of amides is 1. The Kier molecular flexibility index (Phi) is 7.35. The Balaban J connectivity index is 1.60. The lowest BCUT2D eigenvalue weighted by molar-refractivity contribution is -0.117. The van der Waals surface area contributed by atoms with Gasteiger partial charge in [0.05, 0.1) is 12.2 Å². The third kappa shape index (κ3) is 6.07. The standard InChI is InChI=1S/C20H23ClN2O2S2/c1-23(16-10-12-27(25)13-11-16)14-20(24)22-18-4-2-3-5-19(18)26-17-8-6-15(21)7-9-17/h2-9,16H,10-14H2,1H3,(H,22,24). The number of nitrogens with one attached hydrogen (secondary N) is 1. The molecule has 27 heavy (non-hydrogen) atoms. The van der Waals surface area contributed by atoms with Crippen LogP contribution in [0, 0.1) is 0 Å². The average Bonchev–Trinajstić information content (AvgIpc) is 2.65. The second-order valence-corrected chi connectivity index (χ2v) is 9.84. The molecule has 1 heterocycles. The number of carbonyl (C=O) groups is 1. The molecule has 0 aliphatic carbocycles. The monoisotopic (exact) mass is 422 g/mol. The molecule has 0 saturated carbocycles. The van der Waals surface area contributed by atoms with Crippen LogP contribution in [0.3, 0.4) is 0 Å². The van der Waals surface area contributed by atoms with Gasteiger partial charge < -0.3 is 5.32 Å². The van der Waals surface area contributed by atoms with E-state index in [1.54, 1.807) is 11.8 Å². The molecule has 1 aliphatic rings. The van der Waals surface area contributed by atoms with Crippen molar-refractivity contribution in [2.75, 3.05) is 30.4 Å². The van der Waals surface area contributed by atoms with Crippen LogP contribution in [0.15, 0.2) is 58.3 Å². The highest BCUT2D eigenvalue weighted by Gasteiger charge is 2.23. The summed E-state index contributed by atoms with van der Waals surface area (Å²) >= 11 is 7.54. The van der Waals surface area contributed by atoms with Crippen molar-refractivity contribution in [1.29, 1.82) is 0 Å². The van der Waals surface area contributed by atoms with Crippen molar-refractivity contribution in [2.24, 2.45) is 0 Å². The molecule has 0 unspecified atom stereocenters. The fraction of sp³-hybridized carbons (Fsp3) is 0.350. The maximum Gasteiger partial charge on any atom is 0.238 e. The molecule has 0 bridgehead atoms. The summed E-state index contributed by atoms with van der Waals surface area (Å²) in [5.74, 6) is 1.43. The molecule has 2 aromatic rings. The summed E-state index contributed by atoms with van der Waals surface area (Å²) in [5, 5.41) is 3.74. The molecule has 0 aromatic heterocycles. The van der Waals surface area contributed by atoms with Gasteiger partial charge in [0.25, 0.3) is 0 Å². The zero-order valence-electron chi connectivity index (χ0n) is 15.2. The maximum atomic E-state index is 12.5. The molecule has 0 spiro atoms. The van der Waals surface area contributed by atoms with E-state index in [0.717, 1.165) is 39.8 Å². The van der Waals surface area contributed by atoms with E-state index in [0.29, 0.717) is 17.6 Å². The van der Waals surface area contributed by atoms with Gasteiger partial charge in [0.1, 0.15) is 0 Å². The highest BCUT2D eigenvalue weighted by atomic mass is 35.5. The first kappa shape index (κ1) is 20.4. The van der Waals surface area contributed by atoms with Gasteiger partial charge in [-0.05, 0) is 56.3 Å². The van der Waals surface area contributed by atoms with Gasteiger partial charge in [0, 0.05) is 43.2 Å². The minimum Gasteiger partial charge on any atom is -0.324 e. The van der Waals surface area contributed by atoms with E-state index < -0.39 is 10.8 Å². The summed E-state index contributed by atoms with van der Waals surface area (Å²) in [7, 11) is 1.28. The topological polar surface area (TPSA) is 49.4 Å². The Bertz CT molecular complexity index is 804. The van der Waals surface area contributed by atoms with E-state index >= 15 is 0 Å². The van der Waals surface area contributed by atoms with Crippen LogP contribution in [-0.2, 0) is 15.6 Å². The number of benzene rings is 2. The molecular weight excluding hydrogens is 400 g/mol. The minimum atomic E-state index is -0.684. The second-order valence-electron chi connectivity index (χ2n) is 6.59. The summed E-state index contributed by atoms with van der Waals surface area (Å²) in [4.78, 5) is 16.7. The molecule has 1 aliphatic heterocycles. The highest BCUT2D eigenvalue weighted by Crippen LogP contribution is 2.33. The predicted octanol–water partition coefficient (Wildman–Crippen LogP) is 4.27. The van der Waals surface area contributed by atoms with Gasteiger partial charge in [-0.25, -0.2) is 0 Å². The van der Waals surface area contributed by atoms with Gasteiger partial charge in [0.2, 0.25) is 5.91 Å². The normalized spacial score (nSPS) is 19.8. The number of rotatable bonds is 6. The van der Waals surface area contributed by atoms with E-state index in [2.05, 4.69) is 10.2 Å². The van der Waals surface area contributed by atoms with Crippen molar-refractivity contribution in [2.45, 2.75) is 28.7 Å². The SMILES string of the molecule is CN(CC(=O)Nc1ccccc1Sc1ccc(Cl)cc1)C1CCS(=O)CC1. The first-order valence-corrected chi connectivity index (χ1v) is 11.6. The van der Waals surface area contributed by atoms with Crippen molar-refractivity contribution >= 4 is 45.8 Å². The van der Waals surface area contributed by atoms with Crippen molar-refractivity contribution < 1.29 is 9.00 Å². The van der Waals surface area contributed by atoms with E-state index in [1.807, 2.05) is 55.6 Å². The number of halogens is 1. The number of likely N-dealkylation sites (N-methyl/N-ethyl adjacent to an activating group) is 1. The van der Waals surface area contributed by atoms with Gasteiger partial charge in [-0.1, -0.05) is 35.5 Å². The molecule has 0 radical (unpaired) electrons. The lowest BCUT2D eigenvalue weighted by atomic mass is 10.1. The van der Waals surface area contributed by atoms with Gasteiger partial charge in [0.15, 0.2) is 0 Å². The van der Waals surface area contributed by atoms with E-state index in [9.17, 15) is 9.00 Å². The molecular formula is C20H23ClN2O2S2. The van der Waals surface area contributed by atoms with E-state index in [1.165, 1.54) is 0 Å². The number of anilines is 1. The lowest BCUT2D eigenvalue weighted by Gasteiger charge is -2.30. The minimum absolute atomic E-state index is 0.0339. The van der Waals surface area contributed by atoms with Crippen molar-refractivity contribution in [3.8, 4) is 0 Å². The van der Waals surface area contributed by atoms with Crippen molar-refractivity contribution in [1.82, 2.24) is 4.90 Å². The molecule has 4 nitrogen and oxygen atoms in total. The van der Waals surface area contributed by atoms with Crippen molar-refractivity contribution in [3.05, 3.63) is 53.6 Å². The largest absolute Gasteiger partial charge is 0.324 e. The maximum absolute atomic E-state index is 12.5. The van der Waals surface area contributed by atoms with Crippen LogP contribution in [0.5, 0.6) is 0 Å². The Labute approximate surface area is 172 Å². The second kappa shape index (κ2) is 9.73. The summed E-state index contributed by atoms with van der Waals surface area (Å²) in [6.07, 6.45) is 1.78. The molecule has 2 aromatic carbocycles. The zero-order valence-corrected chi connectivity index (χ0v) is 17.6. The number of hydrogen-bond acceptors (Lipinski definition) is 4. The quantitative estimate of drug-likeness (QED) is 0.755. The summed E-state index contributed by atoms with van der Waals surface area (Å²) in [5.41, 5.74) is 0.806. The van der Waals surface area contributed by atoms with E-state index in [-0.39, 0.29) is 5.91 Å². The molecule has 144 valence electrons. The molecule has 1 amide bonds. The third-order valence-electron chi connectivity index (χ3n) is 4.58. The number of para-hydroxylation sites is 1. The van der Waals surface area contributed by atoms with Gasteiger partial charge in [-0.2, -0.15) is 0 Å². The fourth-order valence-electron chi connectivity index (χ4n) is 3.06. The van der Waals surface area contributed by atoms with Crippen LogP contribution in [0.4, 0.5) is 5.69 Å². The number of hydrogen-bond donors (Lipinski definition) is 1. The van der Waals surface area contributed by atoms with Crippen LogP contribution in [0.1, 0.15) is 12.8 Å². The smallest absolute Gasteiger partial charge is 0.238 e. The molecule has 3 rings (SSSR count). The van der Waals surface area contributed by atoms with E-state index in [4.69, 9.17) is 11.6 Å². The third-order valence-corrected chi connectivity index (χ3v) is 7.29. The van der Waals surface area contributed by atoms with Crippen LogP contribution in [0.25, 0.3) is 0 Å². The fourth-order valence-corrected chi connectivity index (χ4v) is 5.36. The zero-order chi connectivity index (χ0) is 19.2. The molecule has 1 saturated heterocycles. The van der Waals surface area contributed by atoms with Crippen LogP contribution in [0.2, 0.25) is 5.02 Å². The molecule has 1 fully saturated rings. The predicted molar refractivity (Wildman–Crippen MR) is 114 cm³/mol. The van der Waals surface area contributed by atoms with Gasteiger partial charge in [-0.15, -0.1) is 0 Å². The molecule has 7 heteroatoms. The van der Waals surface area contributed by atoms with Crippen molar-refractivity contribution in [3.63, 3.8) is 0 Å². The van der Waals surface area contributed by atoms with Gasteiger partial charge >= 0.3 is 0 Å². The summed E-state index contributed by atoms with van der Waals surface area (Å²) in [6, 6.07) is 15.8. The first-order valence-electron chi connectivity index (χ1n) is 8.89. The van der Waals surface area contributed by atoms with Gasteiger partial charge in [-0.3, -0.25) is 13.9 Å². The average molecular weight is 423 g/mol. The Morgan fingerprint density at radius 3 is 2.56 bits per heavy atom. The Morgan fingerprint density at radius 1 is 1.19 bits per heavy atom. The molecule has 0 atom stereocenters. The molecule has 1 N–H and O–H groups in total. The van der Waals surface area contributed by atoms with Crippen LogP contribution >= 0.6 is 23.4 Å². The number of nitrogens with zero attached hydrogens (tertiary/aromatic N) is 1.